The summed E-state index contributed by atoms with van der Waals surface area (Å²) in [6.07, 6.45) is 0.573. The molecule has 3 N–H and O–H groups in total. The molecule has 0 aliphatic carbocycles. The number of nitrogens with zero attached hydrogens (tertiary/aromatic N) is 1. The maximum atomic E-state index is 13.1. The third-order valence-corrected chi connectivity index (χ3v) is 6.05. The van der Waals surface area contributed by atoms with E-state index in [-0.39, 0.29) is 6.54 Å². The number of likely N-dealkylation sites (tertiary alicyclic amines) is 1. The number of halogens is 1. The van der Waals surface area contributed by atoms with E-state index in [0.29, 0.717) is 12.0 Å². The van der Waals surface area contributed by atoms with E-state index in [2.05, 4.69) is 21.2 Å². The highest BCUT2D eigenvalue weighted by molar-refractivity contribution is 9.10. The van der Waals surface area contributed by atoms with E-state index in [1.807, 2.05) is 6.92 Å². The highest BCUT2D eigenvalue weighted by atomic mass is 79.9. The number of carboxylic acids is 2. The molecular formula is C19H21BrN2O6. The summed E-state index contributed by atoms with van der Waals surface area (Å²) in [5.41, 5.74) is -1.41. The average Bonchev–Trinajstić information content (AvgIpc) is 3.09. The van der Waals surface area contributed by atoms with Crippen molar-refractivity contribution in [2.75, 3.05) is 6.54 Å². The number of imide groups is 1. The van der Waals surface area contributed by atoms with Crippen LogP contribution in [0.25, 0.3) is 0 Å². The number of carboxylic acid groups (broad SMARTS) is 2. The Balaban J connectivity index is 2.10. The zero-order valence-corrected chi connectivity index (χ0v) is 16.8. The second-order valence-corrected chi connectivity index (χ2v) is 8.12. The normalized spacial score (nSPS) is 29.2. The number of unbranched alkanes of at least 4 members (excludes halogenated alkanes) is 1. The van der Waals surface area contributed by atoms with Crippen LogP contribution in [0.3, 0.4) is 0 Å². The van der Waals surface area contributed by atoms with Crippen molar-refractivity contribution in [3.8, 4) is 0 Å². The molecule has 3 rings (SSSR count). The highest BCUT2D eigenvalue weighted by Gasteiger charge is 2.68. The van der Waals surface area contributed by atoms with Gasteiger partial charge in [-0.05, 0) is 24.1 Å². The van der Waals surface area contributed by atoms with Crippen molar-refractivity contribution in [2.45, 2.75) is 37.8 Å². The summed E-state index contributed by atoms with van der Waals surface area (Å²) >= 11 is 3.33. The van der Waals surface area contributed by atoms with Crippen LogP contribution < -0.4 is 5.32 Å². The van der Waals surface area contributed by atoms with Crippen molar-refractivity contribution in [2.24, 2.45) is 11.8 Å². The molecular weight excluding hydrogens is 432 g/mol. The van der Waals surface area contributed by atoms with Crippen LogP contribution in [0.1, 0.15) is 37.8 Å². The third-order valence-electron chi connectivity index (χ3n) is 5.52. The Morgan fingerprint density at radius 1 is 1.18 bits per heavy atom. The van der Waals surface area contributed by atoms with Crippen molar-refractivity contribution in [1.82, 2.24) is 10.2 Å². The number of rotatable bonds is 7. The van der Waals surface area contributed by atoms with Crippen molar-refractivity contribution in [3.05, 3.63) is 34.3 Å². The second-order valence-electron chi connectivity index (χ2n) is 7.21. The first-order chi connectivity index (χ1) is 13.2. The molecule has 8 nitrogen and oxygen atoms in total. The van der Waals surface area contributed by atoms with Crippen LogP contribution >= 0.6 is 15.9 Å². The fraction of sp³-hybridized carbons (Fsp3) is 0.474. The molecule has 0 bridgehead atoms. The summed E-state index contributed by atoms with van der Waals surface area (Å²) in [7, 11) is 0. The lowest BCUT2D eigenvalue weighted by atomic mass is 9.77. The minimum absolute atomic E-state index is 0.205. The molecule has 2 heterocycles. The zero-order chi connectivity index (χ0) is 20.6. The number of nitrogens with one attached hydrogen (secondary N) is 1. The van der Waals surface area contributed by atoms with Crippen molar-refractivity contribution in [3.63, 3.8) is 0 Å². The first-order valence-electron chi connectivity index (χ1n) is 9.06. The van der Waals surface area contributed by atoms with Gasteiger partial charge in [-0.2, -0.15) is 0 Å². The predicted octanol–water partition coefficient (Wildman–Crippen LogP) is 1.79. The van der Waals surface area contributed by atoms with Crippen molar-refractivity contribution < 1.29 is 29.4 Å². The van der Waals surface area contributed by atoms with Gasteiger partial charge in [-0.15, -0.1) is 0 Å². The second kappa shape index (κ2) is 7.63. The maximum absolute atomic E-state index is 13.1. The average molecular weight is 453 g/mol. The molecule has 2 fully saturated rings. The van der Waals surface area contributed by atoms with Crippen LogP contribution in [-0.2, 0) is 19.2 Å². The molecule has 1 aromatic rings. The van der Waals surface area contributed by atoms with E-state index in [0.717, 1.165) is 15.8 Å². The molecule has 4 atom stereocenters. The van der Waals surface area contributed by atoms with Gasteiger partial charge in [0.15, 0.2) is 0 Å². The summed E-state index contributed by atoms with van der Waals surface area (Å²) < 4.78 is 0.805. The lowest BCUT2D eigenvalue weighted by molar-refractivity contribution is -0.156. The summed E-state index contributed by atoms with van der Waals surface area (Å²) in [6, 6.07) is 6.19. The third kappa shape index (κ3) is 3.22. The fourth-order valence-corrected chi connectivity index (χ4v) is 4.49. The number of hydrogen-bond acceptors (Lipinski definition) is 5. The molecule has 28 heavy (non-hydrogen) atoms. The van der Waals surface area contributed by atoms with Gasteiger partial charge in [-0.1, -0.05) is 41.4 Å². The first kappa shape index (κ1) is 20.5. The molecule has 2 amide bonds. The Hall–Kier alpha value is -2.26. The topological polar surface area (TPSA) is 124 Å². The SMILES string of the molecule is CCCCN1C(=O)C2C(c3ccc(Br)cc3)NC(CC(=O)O)(C(=O)O)C2C1=O. The molecule has 2 aliphatic rings. The molecule has 2 saturated heterocycles. The number of amides is 2. The lowest BCUT2D eigenvalue weighted by Crippen LogP contribution is -2.57. The first-order valence-corrected chi connectivity index (χ1v) is 9.85. The summed E-state index contributed by atoms with van der Waals surface area (Å²) in [4.78, 5) is 50.9. The van der Waals surface area contributed by atoms with Gasteiger partial charge in [0.1, 0.15) is 5.54 Å². The lowest BCUT2D eigenvalue weighted by Gasteiger charge is -2.29. The molecule has 0 saturated carbocycles. The predicted molar refractivity (Wildman–Crippen MR) is 101 cm³/mol. The zero-order valence-electron chi connectivity index (χ0n) is 15.2. The Bertz CT molecular complexity index is 826. The number of aliphatic carboxylic acids is 2. The Morgan fingerprint density at radius 3 is 2.36 bits per heavy atom. The Labute approximate surface area is 170 Å². The van der Waals surface area contributed by atoms with Crippen LogP contribution in [0.5, 0.6) is 0 Å². The molecule has 9 heteroatoms. The van der Waals surface area contributed by atoms with E-state index >= 15 is 0 Å². The number of carbonyl (C=O) groups is 4. The number of benzene rings is 1. The molecule has 4 unspecified atom stereocenters. The summed E-state index contributed by atoms with van der Waals surface area (Å²) in [5.74, 6) is -6.07. The van der Waals surface area contributed by atoms with Gasteiger partial charge in [0, 0.05) is 17.1 Å². The monoisotopic (exact) mass is 452 g/mol. The fourth-order valence-electron chi connectivity index (χ4n) is 4.23. The van der Waals surface area contributed by atoms with Crippen LogP contribution in [0.2, 0.25) is 0 Å². The molecule has 2 aliphatic heterocycles. The Kier molecular flexibility index (Phi) is 5.58. The molecule has 0 radical (unpaired) electrons. The van der Waals surface area contributed by atoms with Gasteiger partial charge in [-0.25, -0.2) is 0 Å². The van der Waals surface area contributed by atoms with E-state index in [9.17, 15) is 29.4 Å². The number of fused-ring (bicyclic) bond motifs is 1. The number of carbonyl (C=O) groups excluding carboxylic acids is 2. The van der Waals surface area contributed by atoms with Crippen molar-refractivity contribution >= 4 is 39.7 Å². The van der Waals surface area contributed by atoms with E-state index in [1.54, 1.807) is 24.3 Å². The van der Waals surface area contributed by atoms with Gasteiger partial charge < -0.3 is 10.2 Å². The van der Waals surface area contributed by atoms with Crippen molar-refractivity contribution in [1.29, 1.82) is 0 Å². The van der Waals surface area contributed by atoms with Crippen LogP contribution in [0.15, 0.2) is 28.7 Å². The molecule has 0 spiro atoms. The maximum Gasteiger partial charge on any atom is 0.325 e. The molecule has 0 aromatic heterocycles. The molecule has 150 valence electrons. The summed E-state index contributed by atoms with van der Waals surface area (Å²) in [5, 5.41) is 22.1. The van der Waals surface area contributed by atoms with Crippen LogP contribution in [0.4, 0.5) is 0 Å². The van der Waals surface area contributed by atoms with E-state index in [4.69, 9.17) is 0 Å². The minimum atomic E-state index is -2.04. The van der Waals surface area contributed by atoms with Gasteiger partial charge in [0.2, 0.25) is 11.8 Å². The standard InChI is InChI=1S/C19H21BrN2O6/c1-2-3-8-22-16(25)13-14(17(22)26)19(18(27)28,9-12(23)24)21-15(13)10-4-6-11(20)7-5-10/h4-7,13-15,21H,2-3,8-9H2,1H3,(H,23,24)(H,27,28). The largest absolute Gasteiger partial charge is 0.481 e. The van der Waals surface area contributed by atoms with Gasteiger partial charge in [0.25, 0.3) is 0 Å². The number of hydrogen-bond donors (Lipinski definition) is 3. The van der Waals surface area contributed by atoms with Gasteiger partial charge in [0.05, 0.1) is 18.3 Å². The van der Waals surface area contributed by atoms with Gasteiger partial charge >= 0.3 is 11.9 Å². The van der Waals surface area contributed by atoms with Crippen LogP contribution in [-0.4, -0.2) is 50.9 Å². The Morgan fingerprint density at radius 2 is 1.82 bits per heavy atom. The van der Waals surface area contributed by atoms with E-state index in [1.165, 1.54) is 0 Å². The minimum Gasteiger partial charge on any atom is -0.481 e. The highest BCUT2D eigenvalue weighted by Crippen LogP contribution is 2.50. The summed E-state index contributed by atoms with van der Waals surface area (Å²) in [6.45, 7) is 2.13. The van der Waals surface area contributed by atoms with Crippen LogP contribution in [0, 0.1) is 11.8 Å². The van der Waals surface area contributed by atoms with E-state index < -0.39 is 53.6 Å². The van der Waals surface area contributed by atoms with Gasteiger partial charge in [-0.3, -0.25) is 29.4 Å². The smallest absolute Gasteiger partial charge is 0.325 e. The quantitative estimate of drug-likeness (QED) is 0.538. The molecule has 1 aromatic carbocycles.